The number of rotatable bonds is 5. The second kappa shape index (κ2) is 6.48. The maximum atomic E-state index is 5.91. The minimum absolute atomic E-state index is 0.621. The van der Waals surface area contributed by atoms with E-state index in [0.717, 1.165) is 28.6 Å². The van der Waals surface area contributed by atoms with Gasteiger partial charge in [0, 0.05) is 17.3 Å². The summed E-state index contributed by atoms with van der Waals surface area (Å²) in [5, 5.41) is 4.07. The van der Waals surface area contributed by atoms with Gasteiger partial charge in [0.2, 0.25) is 0 Å². The molecule has 0 saturated heterocycles. The molecule has 0 fully saturated rings. The van der Waals surface area contributed by atoms with Gasteiger partial charge in [-0.05, 0) is 55.3 Å². The summed E-state index contributed by atoms with van der Waals surface area (Å²) >= 11 is 5.91. The third-order valence-corrected chi connectivity index (χ3v) is 3.08. The minimum atomic E-state index is 0.621. The van der Waals surface area contributed by atoms with Gasteiger partial charge >= 0.3 is 0 Å². The number of hydrogen-bond donors (Lipinski definition) is 1. The van der Waals surface area contributed by atoms with Gasteiger partial charge in [-0.3, -0.25) is 0 Å². The fraction of sp³-hybridized carbons (Fsp3) is 0.250. The highest BCUT2D eigenvalue weighted by Crippen LogP contribution is 2.21. The molecule has 2 aromatic rings. The van der Waals surface area contributed by atoms with E-state index in [4.69, 9.17) is 16.3 Å². The van der Waals surface area contributed by atoms with Crippen LogP contribution in [0.3, 0.4) is 0 Å². The van der Waals surface area contributed by atoms with Crippen LogP contribution >= 0.6 is 11.6 Å². The third-order valence-electron chi connectivity index (χ3n) is 2.84. The highest BCUT2D eigenvalue weighted by Gasteiger charge is 2.00. The first kappa shape index (κ1) is 13.8. The van der Waals surface area contributed by atoms with E-state index in [1.54, 1.807) is 0 Å². The first-order valence-corrected chi connectivity index (χ1v) is 6.72. The molecule has 0 aliphatic carbocycles. The Hall–Kier alpha value is -1.67. The Bertz CT molecular complexity index is 554. The smallest absolute Gasteiger partial charge is 0.122 e. The van der Waals surface area contributed by atoms with Crippen molar-refractivity contribution in [2.45, 2.75) is 13.8 Å². The van der Waals surface area contributed by atoms with Crippen LogP contribution in [0.1, 0.15) is 11.1 Å². The van der Waals surface area contributed by atoms with Gasteiger partial charge < -0.3 is 10.1 Å². The normalized spacial score (nSPS) is 10.3. The van der Waals surface area contributed by atoms with Crippen LogP contribution in [-0.4, -0.2) is 13.2 Å². The zero-order valence-corrected chi connectivity index (χ0v) is 12.0. The van der Waals surface area contributed by atoms with E-state index in [0.29, 0.717) is 6.61 Å². The average Bonchev–Trinajstić information content (AvgIpc) is 2.37. The molecule has 0 saturated carbocycles. The lowest BCUT2D eigenvalue weighted by Crippen LogP contribution is -2.11. The molecule has 19 heavy (non-hydrogen) atoms. The molecule has 0 atom stereocenters. The molecule has 0 bridgehead atoms. The van der Waals surface area contributed by atoms with Crippen LogP contribution in [0.15, 0.2) is 42.5 Å². The van der Waals surface area contributed by atoms with Crippen molar-refractivity contribution >= 4 is 17.3 Å². The standard InChI is InChI=1S/C16H18ClNO/c1-12-4-3-5-15(10-12)18-8-9-19-16-7-6-14(17)11-13(16)2/h3-7,10-11,18H,8-9H2,1-2H3. The first-order chi connectivity index (χ1) is 9.15. The zero-order valence-electron chi connectivity index (χ0n) is 11.2. The Morgan fingerprint density at radius 2 is 1.95 bits per heavy atom. The number of aryl methyl sites for hydroxylation is 2. The van der Waals surface area contributed by atoms with E-state index in [-0.39, 0.29) is 0 Å². The first-order valence-electron chi connectivity index (χ1n) is 6.34. The number of hydrogen-bond acceptors (Lipinski definition) is 2. The Morgan fingerprint density at radius 1 is 1.11 bits per heavy atom. The lowest BCUT2D eigenvalue weighted by molar-refractivity contribution is 0.330. The maximum absolute atomic E-state index is 5.91. The Labute approximate surface area is 119 Å². The van der Waals surface area contributed by atoms with Crippen LogP contribution in [0, 0.1) is 13.8 Å². The fourth-order valence-corrected chi connectivity index (χ4v) is 2.11. The highest BCUT2D eigenvalue weighted by molar-refractivity contribution is 6.30. The van der Waals surface area contributed by atoms with Crippen molar-refractivity contribution in [3.05, 3.63) is 58.6 Å². The van der Waals surface area contributed by atoms with Gasteiger partial charge in [-0.1, -0.05) is 23.7 Å². The van der Waals surface area contributed by atoms with E-state index in [2.05, 4.69) is 30.4 Å². The van der Waals surface area contributed by atoms with E-state index in [9.17, 15) is 0 Å². The molecule has 1 N–H and O–H groups in total. The molecule has 2 aromatic carbocycles. The van der Waals surface area contributed by atoms with E-state index in [1.165, 1.54) is 5.56 Å². The maximum Gasteiger partial charge on any atom is 0.122 e. The SMILES string of the molecule is Cc1cccc(NCCOc2ccc(Cl)cc2C)c1. The van der Waals surface area contributed by atoms with E-state index < -0.39 is 0 Å². The Morgan fingerprint density at radius 3 is 2.68 bits per heavy atom. The van der Waals surface area contributed by atoms with Crippen LogP contribution in [0.2, 0.25) is 5.02 Å². The number of nitrogens with one attached hydrogen (secondary N) is 1. The molecular weight excluding hydrogens is 258 g/mol. The molecule has 0 heterocycles. The fourth-order valence-electron chi connectivity index (χ4n) is 1.89. The minimum Gasteiger partial charge on any atom is -0.491 e. The number of ether oxygens (including phenoxy) is 1. The van der Waals surface area contributed by atoms with Gasteiger partial charge in [-0.2, -0.15) is 0 Å². The summed E-state index contributed by atoms with van der Waals surface area (Å²) in [6.45, 7) is 5.47. The number of benzene rings is 2. The summed E-state index contributed by atoms with van der Waals surface area (Å²) < 4.78 is 5.72. The summed E-state index contributed by atoms with van der Waals surface area (Å²) in [5.74, 6) is 0.885. The summed E-state index contributed by atoms with van der Waals surface area (Å²) in [6, 6.07) is 14.0. The van der Waals surface area contributed by atoms with Crippen molar-refractivity contribution in [1.82, 2.24) is 0 Å². The highest BCUT2D eigenvalue weighted by atomic mass is 35.5. The average molecular weight is 276 g/mol. The van der Waals surface area contributed by atoms with E-state index in [1.807, 2.05) is 31.2 Å². The quantitative estimate of drug-likeness (QED) is 0.814. The monoisotopic (exact) mass is 275 g/mol. The van der Waals surface area contributed by atoms with Crippen molar-refractivity contribution in [2.75, 3.05) is 18.5 Å². The predicted octanol–water partition coefficient (Wildman–Crippen LogP) is 4.45. The molecule has 0 amide bonds. The molecule has 0 aliphatic rings. The van der Waals surface area contributed by atoms with Gasteiger partial charge in [-0.15, -0.1) is 0 Å². The second-order valence-corrected chi connectivity index (χ2v) is 4.99. The van der Waals surface area contributed by atoms with Crippen molar-refractivity contribution in [1.29, 1.82) is 0 Å². The van der Waals surface area contributed by atoms with Crippen molar-refractivity contribution < 1.29 is 4.74 Å². The van der Waals surface area contributed by atoms with Crippen LogP contribution in [0.5, 0.6) is 5.75 Å². The van der Waals surface area contributed by atoms with Crippen molar-refractivity contribution in [3.8, 4) is 5.75 Å². The predicted molar refractivity (Wildman–Crippen MR) is 81.4 cm³/mol. The zero-order chi connectivity index (χ0) is 13.7. The van der Waals surface area contributed by atoms with Gasteiger partial charge in [0.1, 0.15) is 12.4 Å². The lowest BCUT2D eigenvalue weighted by atomic mass is 10.2. The third kappa shape index (κ3) is 4.18. The summed E-state index contributed by atoms with van der Waals surface area (Å²) in [5.41, 5.74) is 3.43. The molecule has 0 unspecified atom stereocenters. The van der Waals surface area contributed by atoms with Gasteiger partial charge in [0.25, 0.3) is 0 Å². The van der Waals surface area contributed by atoms with Crippen LogP contribution in [-0.2, 0) is 0 Å². The molecule has 0 aliphatic heterocycles. The largest absolute Gasteiger partial charge is 0.491 e. The molecule has 0 radical (unpaired) electrons. The second-order valence-electron chi connectivity index (χ2n) is 4.55. The van der Waals surface area contributed by atoms with Crippen LogP contribution in [0.25, 0.3) is 0 Å². The molecule has 3 heteroatoms. The van der Waals surface area contributed by atoms with Crippen LogP contribution in [0.4, 0.5) is 5.69 Å². The number of anilines is 1. The molecule has 2 nitrogen and oxygen atoms in total. The molecule has 0 aromatic heterocycles. The summed E-state index contributed by atoms with van der Waals surface area (Å²) in [4.78, 5) is 0. The number of halogens is 1. The molecule has 100 valence electrons. The summed E-state index contributed by atoms with van der Waals surface area (Å²) in [6.07, 6.45) is 0. The van der Waals surface area contributed by atoms with Crippen molar-refractivity contribution in [2.24, 2.45) is 0 Å². The molecular formula is C16H18ClNO. The Kier molecular flexibility index (Phi) is 4.69. The topological polar surface area (TPSA) is 21.3 Å². The Balaban J connectivity index is 1.81. The molecule has 2 rings (SSSR count). The lowest BCUT2D eigenvalue weighted by Gasteiger charge is -2.11. The van der Waals surface area contributed by atoms with Gasteiger partial charge in [0.05, 0.1) is 0 Å². The molecule has 0 spiro atoms. The van der Waals surface area contributed by atoms with Crippen LogP contribution < -0.4 is 10.1 Å². The van der Waals surface area contributed by atoms with Crippen molar-refractivity contribution in [3.63, 3.8) is 0 Å². The van der Waals surface area contributed by atoms with Gasteiger partial charge in [-0.25, -0.2) is 0 Å². The summed E-state index contributed by atoms with van der Waals surface area (Å²) in [7, 11) is 0. The van der Waals surface area contributed by atoms with Gasteiger partial charge in [0.15, 0.2) is 0 Å². The van der Waals surface area contributed by atoms with E-state index >= 15 is 0 Å².